The number of nitrogens with two attached hydrogens (primary N) is 1. The number of carboxylic acids is 1. The summed E-state index contributed by atoms with van der Waals surface area (Å²) in [5.41, 5.74) is 6.75. The highest BCUT2D eigenvalue weighted by Crippen LogP contribution is 2.35. The molecule has 2 aromatic carbocycles. The van der Waals surface area contributed by atoms with Crippen molar-refractivity contribution in [3.63, 3.8) is 0 Å². The number of benzene rings is 2. The van der Waals surface area contributed by atoms with Gasteiger partial charge < -0.3 is 25.6 Å². The SMILES string of the molecule is NCc1cccc(C2CCN(C(=O)c3cccc(OCC(O)(C(=O)O)C4CCCC4)c3)CC2)c1. The van der Waals surface area contributed by atoms with E-state index in [-0.39, 0.29) is 18.4 Å². The number of aliphatic hydroxyl groups is 1. The molecule has 4 N–H and O–H groups in total. The van der Waals surface area contributed by atoms with E-state index < -0.39 is 11.6 Å². The van der Waals surface area contributed by atoms with E-state index in [2.05, 4.69) is 12.1 Å². The number of amides is 1. The van der Waals surface area contributed by atoms with Crippen molar-refractivity contribution in [3.8, 4) is 5.75 Å². The van der Waals surface area contributed by atoms with E-state index in [1.807, 2.05) is 17.0 Å². The molecule has 0 spiro atoms. The predicted octanol–water partition coefficient (Wildman–Crippen LogP) is 3.55. The molecule has 4 rings (SSSR count). The van der Waals surface area contributed by atoms with Gasteiger partial charge in [0, 0.05) is 31.1 Å². The summed E-state index contributed by atoms with van der Waals surface area (Å²) in [6, 6.07) is 15.1. The molecule has 1 unspecified atom stereocenters. The molecule has 1 amide bonds. The number of carboxylic acid groups (broad SMARTS) is 1. The highest BCUT2D eigenvalue weighted by Gasteiger charge is 2.46. The van der Waals surface area contributed by atoms with Crippen LogP contribution < -0.4 is 10.5 Å². The number of hydrogen-bond acceptors (Lipinski definition) is 5. The van der Waals surface area contributed by atoms with Gasteiger partial charge in [-0.1, -0.05) is 43.2 Å². The van der Waals surface area contributed by atoms with Gasteiger partial charge in [-0.15, -0.1) is 0 Å². The fraction of sp³-hybridized carbons (Fsp3) is 0.481. The fourth-order valence-electron chi connectivity index (χ4n) is 5.24. The molecule has 34 heavy (non-hydrogen) atoms. The molecule has 7 heteroatoms. The second kappa shape index (κ2) is 10.6. The number of nitrogens with zero attached hydrogens (tertiary/aromatic N) is 1. The second-order valence-corrected chi connectivity index (χ2v) is 9.54. The first kappa shape index (κ1) is 24.2. The smallest absolute Gasteiger partial charge is 0.339 e. The summed E-state index contributed by atoms with van der Waals surface area (Å²) in [5, 5.41) is 20.4. The van der Waals surface area contributed by atoms with Crippen molar-refractivity contribution in [1.29, 1.82) is 0 Å². The monoisotopic (exact) mass is 466 g/mol. The first-order valence-corrected chi connectivity index (χ1v) is 12.2. The van der Waals surface area contributed by atoms with E-state index in [1.54, 1.807) is 24.3 Å². The first-order valence-electron chi connectivity index (χ1n) is 12.2. The third kappa shape index (κ3) is 5.26. The lowest BCUT2D eigenvalue weighted by atomic mass is 9.86. The van der Waals surface area contributed by atoms with Crippen molar-refractivity contribution in [3.05, 3.63) is 65.2 Å². The number of likely N-dealkylation sites (tertiary alicyclic amines) is 1. The van der Waals surface area contributed by atoms with Crippen LogP contribution in [0.3, 0.4) is 0 Å². The van der Waals surface area contributed by atoms with Crippen LogP contribution in [-0.4, -0.2) is 52.3 Å². The quantitative estimate of drug-likeness (QED) is 0.548. The van der Waals surface area contributed by atoms with Crippen molar-refractivity contribution in [2.24, 2.45) is 11.7 Å². The zero-order valence-electron chi connectivity index (χ0n) is 19.5. The van der Waals surface area contributed by atoms with Crippen LogP contribution in [0.2, 0.25) is 0 Å². The topological polar surface area (TPSA) is 113 Å². The summed E-state index contributed by atoms with van der Waals surface area (Å²) in [5.74, 6) is -0.844. The molecule has 2 fully saturated rings. The zero-order valence-corrected chi connectivity index (χ0v) is 19.5. The van der Waals surface area contributed by atoms with Gasteiger partial charge in [-0.25, -0.2) is 4.79 Å². The van der Waals surface area contributed by atoms with Gasteiger partial charge in [0.1, 0.15) is 12.4 Å². The van der Waals surface area contributed by atoms with Crippen molar-refractivity contribution >= 4 is 11.9 Å². The van der Waals surface area contributed by atoms with Crippen LogP contribution in [0.1, 0.15) is 65.9 Å². The van der Waals surface area contributed by atoms with Crippen molar-refractivity contribution in [2.45, 2.75) is 56.6 Å². The normalized spacial score (nSPS) is 19.1. The number of piperidine rings is 1. The van der Waals surface area contributed by atoms with Crippen molar-refractivity contribution in [2.75, 3.05) is 19.7 Å². The Morgan fingerprint density at radius 3 is 2.41 bits per heavy atom. The average molecular weight is 467 g/mol. The highest BCUT2D eigenvalue weighted by atomic mass is 16.5. The third-order valence-electron chi connectivity index (χ3n) is 7.38. The minimum absolute atomic E-state index is 0.0658. The molecule has 2 aliphatic rings. The van der Waals surface area contributed by atoms with Gasteiger partial charge >= 0.3 is 5.97 Å². The lowest BCUT2D eigenvalue weighted by Crippen LogP contribution is -2.50. The number of rotatable bonds is 8. The van der Waals surface area contributed by atoms with Crippen LogP contribution in [0, 0.1) is 5.92 Å². The van der Waals surface area contributed by atoms with Crippen LogP contribution in [0.15, 0.2) is 48.5 Å². The number of hydrogen-bond donors (Lipinski definition) is 3. The molecule has 1 aliphatic heterocycles. The molecule has 7 nitrogen and oxygen atoms in total. The average Bonchev–Trinajstić information content (AvgIpc) is 3.43. The number of carbonyl (C=O) groups is 2. The van der Waals surface area contributed by atoms with Crippen molar-refractivity contribution < 1.29 is 24.5 Å². The summed E-state index contributed by atoms with van der Waals surface area (Å²) in [6.45, 7) is 1.52. The molecule has 2 aromatic rings. The lowest BCUT2D eigenvalue weighted by Gasteiger charge is -2.32. The number of carbonyl (C=O) groups excluding carboxylic acids is 1. The first-order chi connectivity index (χ1) is 16.4. The van der Waals surface area contributed by atoms with E-state index in [4.69, 9.17) is 10.5 Å². The summed E-state index contributed by atoms with van der Waals surface area (Å²) >= 11 is 0. The van der Waals surface area contributed by atoms with Crippen LogP contribution in [0.5, 0.6) is 5.75 Å². The molecule has 182 valence electrons. The Morgan fingerprint density at radius 1 is 1.03 bits per heavy atom. The van der Waals surface area contributed by atoms with E-state index in [1.165, 1.54) is 5.56 Å². The lowest BCUT2D eigenvalue weighted by molar-refractivity contribution is -0.169. The van der Waals surface area contributed by atoms with Gasteiger partial charge in [0.15, 0.2) is 5.60 Å². The number of ether oxygens (including phenoxy) is 1. The summed E-state index contributed by atoms with van der Waals surface area (Å²) in [6.07, 6.45) is 4.97. The third-order valence-corrected chi connectivity index (χ3v) is 7.38. The Hall–Kier alpha value is -2.90. The summed E-state index contributed by atoms with van der Waals surface area (Å²) < 4.78 is 5.71. The van der Waals surface area contributed by atoms with Gasteiger partial charge in [0.05, 0.1) is 0 Å². The van der Waals surface area contributed by atoms with E-state index in [9.17, 15) is 19.8 Å². The van der Waals surface area contributed by atoms with Gasteiger partial charge in [0.2, 0.25) is 0 Å². The Bertz CT molecular complexity index is 1010. The second-order valence-electron chi connectivity index (χ2n) is 9.54. The molecular weight excluding hydrogens is 432 g/mol. The molecule has 0 bridgehead atoms. The molecule has 0 radical (unpaired) electrons. The Labute approximate surface area is 200 Å². The van der Waals surface area contributed by atoms with Gasteiger partial charge in [-0.2, -0.15) is 0 Å². The molecule has 0 aromatic heterocycles. The molecular formula is C27H34N2O5. The Balaban J connectivity index is 1.37. The molecule has 1 heterocycles. The minimum atomic E-state index is -1.92. The predicted molar refractivity (Wildman–Crippen MR) is 129 cm³/mol. The fourth-order valence-corrected chi connectivity index (χ4v) is 5.24. The van der Waals surface area contributed by atoms with Gasteiger partial charge in [-0.05, 0) is 60.9 Å². The van der Waals surface area contributed by atoms with Crippen LogP contribution in [0.4, 0.5) is 0 Å². The Kier molecular flexibility index (Phi) is 7.54. The minimum Gasteiger partial charge on any atom is -0.490 e. The van der Waals surface area contributed by atoms with Crippen LogP contribution in [-0.2, 0) is 11.3 Å². The van der Waals surface area contributed by atoms with Crippen molar-refractivity contribution in [1.82, 2.24) is 4.90 Å². The maximum absolute atomic E-state index is 13.1. The van der Waals surface area contributed by atoms with E-state index >= 15 is 0 Å². The molecule has 1 saturated heterocycles. The van der Waals surface area contributed by atoms with Crippen LogP contribution >= 0.6 is 0 Å². The van der Waals surface area contributed by atoms with E-state index in [0.717, 1.165) is 31.2 Å². The molecule has 1 aliphatic carbocycles. The molecule has 1 atom stereocenters. The van der Waals surface area contributed by atoms with Crippen LogP contribution in [0.25, 0.3) is 0 Å². The van der Waals surface area contributed by atoms with Gasteiger partial charge in [0.25, 0.3) is 5.91 Å². The zero-order chi connectivity index (χ0) is 24.1. The Morgan fingerprint density at radius 2 is 1.74 bits per heavy atom. The highest BCUT2D eigenvalue weighted by molar-refractivity contribution is 5.94. The summed E-state index contributed by atoms with van der Waals surface area (Å²) in [4.78, 5) is 26.8. The maximum Gasteiger partial charge on any atom is 0.339 e. The largest absolute Gasteiger partial charge is 0.490 e. The van der Waals surface area contributed by atoms with Gasteiger partial charge in [-0.3, -0.25) is 4.79 Å². The molecule has 1 saturated carbocycles. The summed E-state index contributed by atoms with van der Waals surface area (Å²) in [7, 11) is 0. The van der Waals surface area contributed by atoms with E-state index in [0.29, 0.717) is 49.7 Å². The standard InChI is InChI=1S/C27H34N2O5/c28-17-19-5-3-6-21(15-19)20-11-13-29(14-12-20)25(30)22-7-4-10-24(16-22)34-18-27(33,26(31)32)23-8-1-2-9-23/h3-7,10,15-16,20,23,33H,1-2,8-9,11-14,17-18,28H2,(H,31,32). The number of aliphatic carboxylic acids is 1. The maximum atomic E-state index is 13.1.